The highest BCUT2D eigenvalue weighted by atomic mass is 16.5. The average molecular weight is 295 g/mol. The smallest absolute Gasteiger partial charge is 0.240 e. The molecular weight excluding hydrogens is 266 g/mol. The van der Waals surface area contributed by atoms with Crippen LogP contribution in [0, 0.1) is 5.92 Å². The van der Waals surface area contributed by atoms with E-state index in [1.165, 1.54) is 6.42 Å². The SMILES string of the molecule is CCOC1(c2noc(CNC(C)(C)C)n2)CCCC(C)C1. The number of hydrogen-bond acceptors (Lipinski definition) is 5. The van der Waals surface area contributed by atoms with E-state index in [2.05, 4.69) is 43.2 Å². The molecule has 1 aromatic heterocycles. The molecule has 2 atom stereocenters. The molecule has 1 aliphatic rings. The van der Waals surface area contributed by atoms with Crippen molar-refractivity contribution in [3.63, 3.8) is 0 Å². The molecular formula is C16H29N3O2. The fourth-order valence-corrected chi connectivity index (χ4v) is 3.03. The summed E-state index contributed by atoms with van der Waals surface area (Å²) in [4.78, 5) is 4.60. The Balaban J connectivity index is 2.12. The zero-order valence-corrected chi connectivity index (χ0v) is 14.0. The Morgan fingerprint density at radius 2 is 2.19 bits per heavy atom. The fourth-order valence-electron chi connectivity index (χ4n) is 3.03. The number of nitrogens with one attached hydrogen (secondary N) is 1. The van der Waals surface area contributed by atoms with Crippen LogP contribution in [0.3, 0.4) is 0 Å². The Kier molecular flexibility index (Phi) is 5.04. The van der Waals surface area contributed by atoms with Crippen LogP contribution in [0.1, 0.15) is 72.0 Å². The second-order valence-corrected chi connectivity index (χ2v) is 7.24. The highest BCUT2D eigenvalue weighted by molar-refractivity contribution is 5.04. The normalized spacial score (nSPS) is 27.0. The lowest BCUT2D eigenvalue weighted by molar-refractivity contribution is -0.0891. The van der Waals surface area contributed by atoms with E-state index < -0.39 is 0 Å². The van der Waals surface area contributed by atoms with Gasteiger partial charge in [-0.25, -0.2) is 0 Å². The van der Waals surface area contributed by atoms with Gasteiger partial charge in [0.25, 0.3) is 0 Å². The predicted octanol–water partition coefficient (Wildman–Crippen LogP) is 3.40. The van der Waals surface area contributed by atoms with Gasteiger partial charge in [-0.05, 0) is 52.9 Å². The van der Waals surface area contributed by atoms with Crippen molar-refractivity contribution in [1.82, 2.24) is 15.5 Å². The second-order valence-electron chi connectivity index (χ2n) is 7.24. The van der Waals surface area contributed by atoms with E-state index in [1.54, 1.807) is 0 Å². The third-order valence-electron chi connectivity index (χ3n) is 4.02. The molecule has 5 heteroatoms. The second kappa shape index (κ2) is 6.44. The lowest BCUT2D eigenvalue weighted by Gasteiger charge is -2.37. The van der Waals surface area contributed by atoms with Crippen molar-refractivity contribution < 1.29 is 9.26 Å². The van der Waals surface area contributed by atoms with E-state index >= 15 is 0 Å². The van der Waals surface area contributed by atoms with Gasteiger partial charge in [-0.2, -0.15) is 4.98 Å². The van der Waals surface area contributed by atoms with Crippen molar-refractivity contribution in [1.29, 1.82) is 0 Å². The number of aromatic nitrogens is 2. The summed E-state index contributed by atoms with van der Waals surface area (Å²) in [5, 5.41) is 7.59. The van der Waals surface area contributed by atoms with Crippen LogP contribution >= 0.6 is 0 Å². The Morgan fingerprint density at radius 1 is 1.43 bits per heavy atom. The van der Waals surface area contributed by atoms with Crippen molar-refractivity contribution in [2.75, 3.05) is 6.61 Å². The molecule has 0 amide bonds. The van der Waals surface area contributed by atoms with Crippen LogP contribution in [0.5, 0.6) is 0 Å². The third-order valence-corrected chi connectivity index (χ3v) is 4.02. The van der Waals surface area contributed by atoms with E-state index in [0.717, 1.165) is 25.1 Å². The fraction of sp³-hybridized carbons (Fsp3) is 0.875. The van der Waals surface area contributed by atoms with Crippen LogP contribution < -0.4 is 5.32 Å². The maximum absolute atomic E-state index is 6.08. The molecule has 0 bridgehead atoms. The Morgan fingerprint density at radius 3 is 2.81 bits per heavy atom. The standard InChI is InChI=1S/C16H29N3O2/c1-6-20-16(9-7-8-12(2)10-16)14-18-13(21-19-14)11-17-15(3,4)5/h12,17H,6-11H2,1-5H3. The lowest BCUT2D eigenvalue weighted by atomic mass is 9.78. The van der Waals surface area contributed by atoms with Crippen LogP contribution in [0.2, 0.25) is 0 Å². The quantitative estimate of drug-likeness (QED) is 0.902. The maximum atomic E-state index is 6.08. The summed E-state index contributed by atoms with van der Waals surface area (Å²) in [5.41, 5.74) is -0.318. The summed E-state index contributed by atoms with van der Waals surface area (Å²) in [7, 11) is 0. The topological polar surface area (TPSA) is 60.2 Å². The van der Waals surface area contributed by atoms with Gasteiger partial charge in [0.1, 0.15) is 5.60 Å². The molecule has 0 radical (unpaired) electrons. The Labute approximate surface area is 127 Å². The third kappa shape index (κ3) is 4.27. The van der Waals surface area contributed by atoms with Crippen molar-refractivity contribution in [3.8, 4) is 0 Å². The van der Waals surface area contributed by atoms with Crippen LogP contribution in [-0.4, -0.2) is 22.3 Å². The minimum atomic E-state index is -0.351. The molecule has 1 heterocycles. The predicted molar refractivity (Wildman–Crippen MR) is 81.8 cm³/mol. The van der Waals surface area contributed by atoms with Crippen molar-refractivity contribution >= 4 is 0 Å². The minimum absolute atomic E-state index is 0.0333. The number of rotatable bonds is 5. The summed E-state index contributed by atoms with van der Waals surface area (Å²) < 4.78 is 11.5. The monoisotopic (exact) mass is 295 g/mol. The first-order valence-electron chi connectivity index (χ1n) is 8.07. The molecule has 2 unspecified atom stereocenters. The summed E-state index contributed by atoms with van der Waals surface area (Å²) in [5.74, 6) is 2.00. The Bertz CT molecular complexity index is 449. The van der Waals surface area contributed by atoms with E-state index in [-0.39, 0.29) is 11.1 Å². The van der Waals surface area contributed by atoms with Crippen LogP contribution in [0.25, 0.3) is 0 Å². The summed E-state index contributed by atoms with van der Waals surface area (Å²) in [6, 6.07) is 0. The van der Waals surface area contributed by atoms with Crippen molar-refractivity contribution in [3.05, 3.63) is 11.7 Å². The molecule has 1 saturated carbocycles. The van der Waals surface area contributed by atoms with E-state index in [1.807, 2.05) is 6.92 Å². The summed E-state index contributed by atoms with van der Waals surface area (Å²) in [6.07, 6.45) is 4.37. The van der Waals surface area contributed by atoms with Crippen LogP contribution in [0.15, 0.2) is 4.52 Å². The number of nitrogens with zero attached hydrogens (tertiary/aromatic N) is 2. The zero-order chi connectivity index (χ0) is 15.5. The van der Waals surface area contributed by atoms with Gasteiger partial charge >= 0.3 is 0 Å². The van der Waals surface area contributed by atoms with Crippen molar-refractivity contribution in [2.24, 2.45) is 5.92 Å². The molecule has 2 rings (SSSR count). The first-order valence-corrected chi connectivity index (χ1v) is 8.07. The molecule has 0 aliphatic heterocycles. The molecule has 1 aliphatic carbocycles. The van der Waals surface area contributed by atoms with Gasteiger partial charge in [-0.1, -0.05) is 18.5 Å². The van der Waals surface area contributed by atoms with Gasteiger partial charge < -0.3 is 14.6 Å². The average Bonchev–Trinajstić information content (AvgIpc) is 2.85. The lowest BCUT2D eigenvalue weighted by Crippen LogP contribution is -2.37. The molecule has 1 N–H and O–H groups in total. The summed E-state index contributed by atoms with van der Waals surface area (Å²) >= 11 is 0. The molecule has 0 aromatic carbocycles. The molecule has 1 aromatic rings. The highest BCUT2D eigenvalue weighted by Gasteiger charge is 2.41. The minimum Gasteiger partial charge on any atom is -0.367 e. The van der Waals surface area contributed by atoms with Gasteiger partial charge in [0.2, 0.25) is 11.7 Å². The molecule has 120 valence electrons. The number of ether oxygens (including phenoxy) is 1. The molecule has 0 saturated heterocycles. The van der Waals surface area contributed by atoms with Gasteiger partial charge in [0.15, 0.2) is 0 Å². The molecule has 5 nitrogen and oxygen atoms in total. The highest BCUT2D eigenvalue weighted by Crippen LogP contribution is 2.41. The van der Waals surface area contributed by atoms with E-state index in [0.29, 0.717) is 25.0 Å². The van der Waals surface area contributed by atoms with Gasteiger partial charge in [0.05, 0.1) is 6.54 Å². The van der Waals surface area contributed by atoms with Gasteiger partial charge in [-0.3, -0.25) is 0 Å². The van der Waals surface area contributed by atoms with E-state index in [9.17, 15) is 0 Å². The van der Waals surface area contributed by atoms with Crippen molar-refractivity contribution in [2.45, 2.75) is 78.0 Å². The Hall–Kier alpha value is -0.940. The first-order chi connectivity index (χ1) is 9.85. The maximum Gasteiger partial charge on any atom is 0.240 e. The molecule has 1 fully saturated rings. The van der Waals surface area contributed by atoms with Crippen LogP contribution in [0.4, 0.5) is 0 Å². The summed E-state index contributed by atoms with van der Waals surface area (Å²) in [6.45, 7) is 11.9. The number of hydrogen-bond donors (Lipinski definition) is 1. The molecule has 21 heavy (non-hydrogen) atoms. The zero-order valence-electron chi connectivity index (χ0n) is 14.0. The molecule has 0 spiro atoms. The first kappa shape index (κ1) is 16.4. The largest absolute Gasteiger partial charge is 0.367 e. The van der Waals surface area contributed by atoms with Gasteiger partial charge in [-0.15, -0.1) is 0 Å². The van der Waals surface area contributed by atoms with E-state index in [4.69, 9.17) is 9.26 Å². The van der Waals surface area contributed by atoms with Gasteiger partial charge in [0, 0.05) is 12.1 Å². The van der Waals surface area contributed by atoms with Crippen LogP contribution in [-0.2, 0) is 16.9 Å².